The van der Waals surface area contributed by atoms with E-state index >= 15 is 0 Å². The van der Waals surface area contributed by atoms with E-state index in [1.165, 1.54) is 24.3 Å². The van der Waals surface area contributed by atoms with Crippen LogP contribution in [0.2, 0.25) is 0 Å². The SMILES string of the molecule is Cc1cc(NN)nc(NS(=O)(=O)c2ccc(N)cc2)n1. The molecule has 0 atom stereocenters. The van der Waals surface area contributed by atoms with Crippen molar-refractivity contribution in [3.8, 4) is 0 Å². The van der Waals surface area contributed by atoms with E-state index in [1.54, 1.807) is 13.0 Å². The Balaban J connectivity index is 2.33. The molecule has 0 aliphatic rings. The lowest BCUT2D eigenvalue weighted by molar-refractivity contribution is 0.601. The molecule has 9 heteroatoms. The van der Waals surface area contributed by atoms with Crippen LogP contribution in [0.4, 0.5) is 17.5 Å². The maximum Gasteiger partial charge on any atom is 0.264 e. The van der Waals surface area contributed by atoms with Crippen LogP contribution >= 0.6 is 0 Å². The average Bonchev–Trinajstić information content (AvgIpc) is 2.37. The van der Waals surface area contributed by atoms with E-state index in [9.17, 15) is 8.42 Å². The van der Waals surface area contributed by atoms with Crippen LogP contribution in [-0.4, -0.2) is 18.4 Å². The molecule has 0 saturated heterocycles. The Morgan fingerprint density at radius 3 is 2.40 bits per heavy atom. The second kappa shape index (κ2) is 5.31. The number of nitrogen functional groups attached to an aromatic ring is 2. The summed E-state index contributed by atoms with van der Waals surface area (Å²) in [6.07, 6.45) is 0. The van der Waals surface area contributed by atoms with Crippen LogP contribution in [0.3, 0.4) is 0 Å². The third-order valence-electron chi connectivity index (χ3n) is 2.42. The molecule has 0 radical (unpaired) electrons. The van der Waals surface area contributed by atoms with Crippen molar-refractivity contribution in [2.45, 2.75) is 11.8 Å². The van der Waals surface area contributed by atoms with E-state index in [0.717, 1.165) is 0 Å². The molecule has 1 aromatic heterocycles. The van der Waals surface area contributed by atoms with Gasteiger partial charge in [0.2, 0.25) is 5.95 Å². The van der Waals surface area contributed by atoms with Crippen LogP contribution in [0.5, 0.6) is 0 Å². The first kappa shape index (κ1) is 14.0. The van der Waals surface area contributed by atoms with Gasteiger partial charge in [0.05, 0.1) is 4.90 Å². The number of aryl methyl sites for hydroxylation is 1. The number of benzene rings is 1. The first-order valence-corrected chi connectivity index (χ1v) is 7.10. The fourth-order valence-electron chi connectivity index (χ4n) is 1.51. The Morgan fingerprint density at radius 1 is 1.15 bits per heavy atom. The smallest absolute Gasteiger partial charge is 0.264 e. The Kier molecular flexibility index (Phi) is 3.72. The molecule has 106 valence electrons. The highest BCUT2D eigenvalue weighted by Gasteiger charge is 2.16. The first-order chi connectivity index (χ1) is 9.40. The predicted molar refractivity (Wildman–Crippen MR) is 76.2 cm³/mol. The molecule has 8 nitrogen and oxygen atoms in total. The fraction of sp³-hybridized carbons (Fsp3) is 0.0909. The number of aromatic nitrogens is 2. The third-order valence-corrected chi connectivity index (χ3v) is 3.76. The van der Waals surface area contributed by atoms with E-state index < -0.39 is 10.0 Å². The highest BCUT2D eigenvalue weighted by atomic mass is 32.2. The summed E-state index contributed by atoms with van der Waals surface area (Å²) in [4.78, 5) is 7.98. The molecule has 20 heavy (non-hydrogen) atoms. The topological polar surface area (TPSA) is 136 Å². The summed E-state index contributed by atoms with van der Waals surface area (Å²) in [6, 6.07) is 7.38. The molecular weight excluding hydrogens is 280 g/mol. The molecule has 0 fully saturated rings. The molecule has 0 spiro atoms. The van der Waals surface area contributed by atoms with Gasteiger partial charge in [-0.25, -0.2) is 24.0 Å². The van der Waals surface area contributed by atoms with Gasteiger partial charge in [-0.1, -0.05) is 0 Å². The largest absolute Gasteiger partial charge is 0.399 e. The van der Waals surface area contributed by atoms with Crippen molar-refractivity contribution in [3.05, 3.63) is 36.0 Å². The number of rotatable bonds is 4. The quantitative estimate of drug-likeness (QED) is 0.365. The zero-order valence-corrected chi connectivity index (χ0v) is 11.5. The molecule has 0 unspecified atom stereocenters. The third kappa shape index (κ3) is 3.13. The monoisotopic (exact) mass is 294 g/mol. The Bertz CT molecular complexity index is 714. The lowest BCUT2D eigenvalue weighted by Gasteiger charge is -2.09. The van der Waals surface area contributed by atoms with Gasteiger partial charge < -0.3 is 11.2 Å². The number of hydrazine groups is 1. The molecule has 1 aromatic carbocycles. The molecule has 6 N–H and O–H groups in total. The van der Waals surface area contributed by atoms with Gasteiger partial charge in [0, 0.05) is 17.4 Å². The number of hydrogen-bond donors (Lipinski definition) is 4. The van der Waals surface area contributed by atoms with E-state index in [2.05, 4.69) is 20.1 Å². The molecule has 0 amide bonds. The number of nitrogens with one attached hydrogen (secondary N) is 2. The van der Waals surface area contributed by atoms with Crippen molar-refractivity contribution in [1.29, 1.82) is 0 Å². The van der Waals surface area contributed by atoms with E-state index in [4.69, 9.17) is 11.6 Å². The summed E-state index contributed by atoms with van der Waals surface area (Å²) >= 11 is 0. The lowest BCUT2D eigenvalue weighted by Crippen LogP contribution is -2.17. The lowest BCUT2D eigenvalue weighted by atomic mass is 10.3. The van der Waals surface area contributed by atoms with Gasteiger partial charge >= 0.3 is 0 Å². The summed E-state index contributed by atoms with van der Waals surface area (Å²) in [5.74, 6) is 5.50. The van der Waals surface area contributed by atoms with Gasteiger partial charge in [0.25, 0.3) is 10.0 Å². The standard InChI is InChI=1S/C11H14N6O2S/c1-7-6-10(16-13)15-11(14-7)17-20(18,19)9-4-2-8(12)3-5-9/h2-6H,12-13H2,1H3,(H2,14,15,16,17). The van der Waals surface area contributed by atoms with Crippen LogP contribution in [0.15, 0.2) is 35.2 Å². The van der Waals surface area contributed by atoms with Crippen molar-refractivity contribution in [2.24, 2.45) is 5.84 Å². The van der Waals surface area contributed by atoms with Gasteiger partial charge in [-0.3, -0.25) is 0 Å². The number of sulfonamides is 1. The average molecular weight is 294 g/mol. The number of nitrogens with zero attached hydrogens (tertiary/aromatic N) is 2. The Morgan fingerprint density at radius 2 is 1.80 bits per heavy atom. The Hall–Kier alpha value is -2.39. The number of hydrogen-bond acceptors (Lipinski definition) is 7. The Labute approximate surface area is 116 Å². The predicted octanol–water partition coefficient (Wildman–Crippen LogP) is 0.454. The zero-order valence-electron chi connectivity index (χ0n) is 10.7. The van der Waals surface area contributed by atoms with E-state index in [0.29, 0.717) is 17.2 Å². The second-order valence-electron chi connectivity index (χ2n) is 4.04. The van der Waals surface area contributed by atoms with Crippen molar-refractivity contribution < 1.29 is 8.42 Å². The molecule has 0 aliphatic carbocycles. The normalized spacial score (nSPS) is 11.1. The van der Waals surface area contributed by atoms with Gasteiger partial charge in [0.15, 0.2) is 0 Å². The molecular formula is C11H14N6O2S. The molecule has 0 saturated carbocycles. The van der Waals surface area contributed by atoms with Gasteiger partial charge in [-0.15, -0.1) is 0 Å². The van der Waals surface area contributed by atoms with Gasteiger partial charge in [-0.05, 0) is 31.2 Å². The minimum Gasteiger partial charge on any atom is -0.399 e. The minimum atomic E-state index is -3.77. The summed E-state index contributed by atoms with van der Waals surface area (Å²) < 4.78 is 26.6. The second-order valence-corrected chi connectivity index (χ2v) is 5.72. The maximum absolute atomic E-state index is 12.1. The van der Waals surface area contributed by atoms with Gasteiger partial charge in [-0.2, -0.15) is 4.98 Å². The van der Waals surface area contributed by atoms with Crippen LogP contribution in [0, 0.1) is 6.92 Å². The molecule has 2 rings (SSSR count). The molecule has 2 aromatic rings. The van der Waals surface area contributed by atoms with E-state index in [-0.39, 0.29) is 10.8 Å². The maximum atomic E-state index is 12.1. The molecule has 0 aliphatic heterocycles. The summed E-state index contributed by atoms with van der Waals surface area (Å²) in [5.41, 5.74) is 8.91. The van der Waals surface area contributed by atoms with Crippen molar-refractivity contribution in [3.63, 3.8) is 0 Å². The number of nitrogens with two attached hydrogens (primary N) is 2. The summed E-state index contributed by atoms with van der Waals surface area (Å²) in [7, 11) is -3.77. The minimum absolute atomic E-state index is 0.0604. The number of anilines is 3. The van der Waals surface area contributed by atoms with Crippen LogP contribution in [0.25, 0.3) is 0 Å². The molecule has 0 bridgehead atoms. The highest BCUT2D eigenvalue weighted by Crippen LogP contribution is 2.16. The first-order valence-electron chi connectivity index (χ1n) is 5.61. The van der Waals surface area contributed by atoms with Crippen molar-refractivity contribution in [1.82, 2.24) is 9.97 Å². The van der Waals surface area contributed by atoms with Crippen molar-refractivity contribution >= 4 is 27.5 Å². The zero-order chi connectivity index (χ0) is 14.8. The van der Waals surface area contributed by atoms with Crippen LogP contribution < -0.4 is 21.7 Å². The van der Waals surface area contributed by atoms with Crippen LogP contribution in [-0.2, 0) is 10.0 Å². The van der Waals surface area contributed by atoms with Gasteiger partial charge in [0.1, 0.15) is 5.82 Å². The van der Waals surface area contributed by atoms with Crippen molar-refractivity contribution in [2.75, 3.05) is 15.9 Å². The summed E-state index contributed by atoms with van der Waals surface area (Å²) in [5, 5.41) is 0. The van der Waals surface area contributed by atoms with Crippen LogP contribution in [0.1, 0.15) is 5.69 Å². The van der Waals surface area contributed by atoms with E-state index in [1.807, 2.05) is 0 Å². The molecule has 1 heterocycles. The highest BCUT2D eigenvalue weighted by molar-refractivity contribution is 7.92. The fourth-order valence-corrected chi connectivity index (χ4v) is 2.46. The summed E-state index contributed by atoms with van der Waals surface area (Å²) in [6.45, 7) is 1.70.